The third-order valence-corrected chi connectivity index (χ3v) is 4.37. The summed E-state index contributed by atoms with van der Waals surface area (Å²) in [6, 6.07) is 0. The second-order valence-electron chi connectivity index (χ2n) is 5.58. The van der Waals surface area contributed by atoms with Crippen LogP contribution in [0.3, 0.4) is 0 Å². The van der Waals surface area contributed by atoms with Gasteiger partial charge in [-0.1, -0.05) is 0 Å². The van der Waals surface area contributed by atoms with Crippen molar-refractivity contribution in [3.8, 4) is 0 Å². The minimum absolute atomic E-state index is 0.348. The Hall–Kier alpha value is -1.13. The van der Waals surface area contributed by atoms with E-state index in [0.717, 1.165) is 0 Å². The number of carboxylic acid groups (broad SMARTS) is 1. The lowest BCUT2D eigenvalue weighted by Gasteiger charge is -2.40. The zero-order chi connectivity index (χ0) is 23.7. The van der Waals surface area contributed by atoms with Crippen molar-refractivity contribution >= 4 is 17.7 Å². The van der Waals surface area contributed by atoms with Crippen LogP contribution in [0.4, 0.5) is 57.1 Å². The highest BCUT2D eigenvalue weighted by Crippen LogP contribution is 2.60. The molecular formula is C12H11F13O3S. The number of halogens is 13. The molecule has 174 valence electrons. The molecule has 0 heterocycles. The van der Waals surface area contributed by atoms with Gasteiger partial charge >= 0.3 is 41.8 Å². The van der Waals surface area contributed by atoms with Crippen LogP contribution >= 0.6 is 11.8 Å². The Morgan fingerprint density at radius 1 is 0.759 bits per heavy atom. The van der Waals surface area contributed by atoms with Gasteiger partial charge in [-0.3, -0.25) is 4.79 Å². The first kappa shape index (κ1) is 27.9. The second-order valence-corrected chi connectivity index (χ2v) is 6.73. The van der Waals surface area contributed by atoms with E-state index in [1.165, 1.54) is 0 Å². The largest absolute Gasteiger partial charge is 0.481 e. The predicted molar refractivity (Wildman–Crippen MR) is 71.0 cm³/mol. The van der Waals surface area contributed by atoms with Crippen LogP contribution in [0, 0.1) is 0 Å². The van der Waals surface area contributed by atoms with E-state index in [1.807, 2.05) is 0 Å². The van der Waals surface area contributed by atoms with Crippen molar-refractivity contribution in [2.24, 2.45) is 0 Å². The molecule has 17 heteroatoms. The van der Waals surface area contributed by atoms with Gasteiger partial charge in [-0.2, -0.15) is 68.8 Å². The molecular weight excluding hydrogens is 471 g/mol. The van der Waals surface area contributed by atoms with E-state index >= 15 is 0 Å². The van der Waals surface area contributed by atoms with Crippen molar-refractivity contribution in [3.63, 3.8) is 0 Å². The van der Waals surface area contributed by atoms with E-state index in [2.05, 4.69) is 0 Å². The number of hydrogen-bond acceptors (Lipinski definition) is 3. The molecule has 0 saturated heterocycles. The van der Waals surface area contributed by atoms with Crippen LogP contribution in [-0.2, 0) is 4.79 Å². The Kier molecular flexibility index (Phi) is 8.21. The summed E-state index contributed by atoms with van der Waals surface area (Å²) in [7, 11) is 0. The maximum Gasteiger partial charge on any atom is 0.460 e. The van der Waals surface area contributed by atoms with Crippen LogP contribution < -0.4 is 0 Å². The molecule has 0 rings (SSSR count). The third kappa shape index (κ3) is 5.32. The first-order valence-electron chi connectivity index (χ1n) is 6.99. The average Bonchev–Trinajstić information content (AvgIpc) is 2.49. The summed E-state index contributed by atoms with van der Waals surface area (Å²) < 4.78 is 167. The van der Waals surface area contributed by atoms with E-state index in [4.69, 9.17) is 10.2 Å². The number of hydrogen-bond donors (Lipinski definition) is 2. The highest BCUT2D eigenvalue weighted by Gasteiger charge is 2.90. The van der Waals surface area contributed by atoms with Gasteiger partial charge in [0.05, 0.1) is 12.5 Å². The summed E-state index contributed by atoms with van der Waals surface area (Å²) >= 11 is 0.348. The molecule has 0 aliphatic carbocycles. The fourth-order valence-electron chi connectivity index (χ4n) is 1.66. The number of aliphatic carboxylic acids is 1. The zero-order valence-corrected chi connectivity index (χ0v) is 14.3. The quantitative estimate of drug-likeness (QED) is 0.332. The summed E-state index contributed by atoms with van der Waals surface area (Å²) in [5.41, 5.74) is 0. The Balaban J connectivity index is 5.62. The first-order chi connectivity index (χ1) is 12.6. The molecule has 0 spiro atoms. The van der Waals surface area contributed by atoms with Crippen LogP contribution in [0.1, 0.15) is 12.8 Å². The van der Waals surface area contributed by atoms with Gasteiger partial charge in [0, 0.05) is 17.9 Å². The zero-order valence-electron chi connectivity index (χ0n) is 13.5. The van der Waals surface area contributed by atoms with Crippen molar-refractivity contribution in [2.75, 3.05) is 11.5 Å². The molecule has 0 aromatic rings. The topological polar surface area (TPSA) is 57.5 Å². The molecule has 1 unspecified atom stereocenters. The van der Waals surface area contributed by atoms with Gasteiger partial charge in [0.2, 0.25) is 0 Å². The summed E-state index contributed by atoms with van der Waals surface area (Å²) in [6.45, 7) is 0. The minimum atomic E-state index is -7.98. The normalized spacial score (nSPS) is 16.1. The molecule has 0 radical (unpaired) electrons. The highest BCUT2D eigenvalue weighted by molar-refractivity contribution is 7.99. The van der Waals surface area contributed by atoms with Gasteiger partial charge in [0.1, 0.15) is 0 Å². The number of rotatable bonds is 11. The lowest BCUT2D eigenvalue weighted by molar-refractivity contribution is -0.440. The molecule has 29 heavy (non-hydrogen) atoms. The summed E-state index contributed by atoms with van der Waals surface area (Å²) in [6.07, 6.45) is -13.4. The van der Waals surface area contributed by atoms with E-state index in [1.54, 1.807) is 0 Å². The third-order valence-electron chi connectivity index (χ3n) is 3.26. The van der Waals surface area contributed by atoms with Crippen LogP contribution in [-0.4, -0.2) is 69.6 Å². The predicted octanol–water partition coefficient (Wildman–Crippen LogP) is 4.68. The molecule has 0 aliphatic heterocycles. The molecule has 2 N–H and O–H groups in total. The maximum atomic E-state index is 13.4. The molecule has 0 amide bonds. The van der Waals surface area contributed by atoms with Gasteiger partial charge < -0.3 is 10.2 Å². The number of aliphatic hydroxyl groups excluding tert-OH is 1. The smallest absolute Gasteiger partial charge is 0.460 e. The highest BCUT2D eigenvalue weighted by atomic mass is 32.2. The van der Waals surface area contributed by atoms with Crippen molar-refractivity contribution < 1.29 is 72.1 Å². The number of carboxylic acids is 1. The number of carbonyl (C=O) groups is 1. The summed E-state index contributed by atoms with van der Waals surface area (Å²) in [4.78, 5) is 10.2. The Bertz CT molecular complexity index is 576. The van der Waals surface area contributed by atoms with Gasteiger partial charge in [-0.05, 0) is 0 Å². The first-order valence-corrected chi connectivity index (χ1v) is 8.15. The Labute approximate surface area is 157 Å². The average molecular weight is 482 g/mol. The van der Waals surface area contributed by atoms with Gasteiger partial charge in [0.15, 0.2) is 0 Å². The van der Waals surface area contributed by atoms with E-state index < -0.39 is 66.5 Å². The molecule has 0 aliphatic rings. The number of aliphatic hydroxyl groups is 1. The van der Waals surface area contributed by atoms with Crippen LogP contribution in [0.25, 0.3) is 0 Å². The fraction of sp³-hybridized carbons (Fsp3) is 0.917. The molecule has 0 bridgehead atoms. The van der Waals surface area contributed by atoms with Crippen LogP contribution in [0.2, 0.25) is 0 Å². The molecule has 3 nitrogen and oxygen atoms in total. The van der Waals surface area contributed by atoms with Crippen molar-refractivity contribution in [3.05, 3.63) is 0 Å². The monoisotopic (exact) mass is 482 g/mol. The standard InChI is InChI=1S/C12H11F13O3S/c13-7(14,3-5(26)4-29-2-1-6(27)28)8(15,16)9(17,18)10(19,20)11(21,22)12(23,24)25/h5,26H,1-4H2,(H,27,28). The summed E-state index contributed by atoms with van der Waals surface area (Å²) in [5, 5.41) is 17.4. The molecule has 1 atom stereocenters. The number of alkyl halides is 13. The second kappa shape index (κ2) is 8.55. The van der Waals surface area contributed by atoms with Crippen LogP contribution in [0.5, 0.6) is 0 Å². The van der Waals surface area contributed by atoms with Gasteiger partial charge in [0.25, 0.3) is 0 Å². The number of thioether (sulfide) groups is 1. The van der Waals surface area contributed by atoms with E-state index in [9.17, 15) is 61.9 Å². The van der Waals surface area contributed by atoms with E-state index in [-0.39, 0.29) is 5.75 Å². The Morgan fingerprint density at radius 3 is 1.55 bits per heavy atom. The Morgan fingerprint density at radius 2 is 1.17 bits per heavy atom. The maximum absolute atomic E-state index is 13.4. The van der Waals surface area contributed by atoms with Gasteiger partial charge in [-0.25, -0.2) is 0 Å². The van der Waals surface area contributed by atoms with Crippen molar-refractivity contribution in [2.45, 2.75) is 54.7 Å². The molecule has 0 saturated carbocycles. The minimum Gasteiger partial charge on any atom is -0.481 e. The van der Waals surface area contributed by atoms with Crippen LogP contribution in [0.15, 0.2) is 0 Å². The SMILES string of the molecule is O=C(O)CCSCC(O)CC(F)(F)C(F)(F)C(F)(F)C(F)(F)C(F)(F)C(F)(F)F. The molecule has 0 aromatic carbocycles. The lowest BCUT2D eigenvalue weighted by Crippen LogP contribution is -2.70. The van der Waals surface area contributed by atoms with Crippen molar-refractivity contribution in [1.29, 1.82) is 0 Å². The fourth-order valence-corrected chi connectivity index (χ4v) is 2.54. The van der Waals surface area contributed by atoms with E-state index in [0.29, 0.717) is 11.8 Å². The molecule has 0 aromatic heterocycles. The lowest BCUT2D eigenvalue weighted by atomic mass is 9.91. The van der Waals surface area contributed by atoms with Crippen molar-refractivity contribution in [1.82, 2.24) is 0 Å². The van der Waals surface area contributed by atoms with Gasteiger partial charge in [-0.15, -0.1) is 0 Å². The molecule has 0 fully saturated rings. The summed E-state index contributed by atoms with van der Waals surface area (Å²) in [5.74, 6) is -40.2.